The lowest BCUT2D eigenvalue weighted by atomic mass is 10.0. The molecule has 13 nitrogen and oxygen atoms in total. The van der Waals surface area contributed by atoms with E-state index in [-0.39, 0.29) is 25.0 Å². The fourth-order valence-electron chi connectivity index (χ4n) is 4.00. The highest BCUT2D eigenvalue weighted by atomic mass is 16.4. The molecule has 41 heavy (non-hydrogen) atoms. The van der Waals surface area contributed by atoms with Crippen LogP contribution in [0.4, 0.5) is 0 Å². The fourth-order valence-corrected chi connectivity index (χ4v) is 4.00. The molecule has 3 amide bonds. The maximum Gasteiger partial charge on any atom is 0.326 e. The van der Waals surface area contributed by atoms with Crippen LogP contribution in [0.15, 0.2) is 54.6 Å². The lowest BCUT2D eigenvalue weighted by Crippen LogP contribution is -2.57. The predicted octanol–water partition coefficient (Wildman–Crippen LogP) is -0.353. The van der Waals surface area contributed by atoms with Crippen molar-refractivity contribution in [2.75, 3.05) is 6.54 Å². The van der Waals surface area contributed by atoms with Crippen LogP contribution in [0, 0.1) is 0 Å². The van der Waals surface area contributed by atoms with Crippen LogP contribution in [0.3, 0.4) is 0 Å². The van der Waals surface area contributed by atoms with Gasteiger partial charge in [0.05, 0.1) is 12.5 Å². The monoisotopic (exact) mass is 571 g/mol. The third-order valence-electron chi connectivity index (χ3n) is 6.22. The number of benzene rings is 2. The van der Waals surface area contributed by atoms with E-state index < -0.39 is 60.2 Å². The van der Waals surface area contributed by atoms with Crippen molar-refractivity contribution < 1.29 is 39.3 Å². The van der Waals surface area contributed by atoms with Gasteiger partial charge in [0.1, 0.15) is 23.9 Å². The molecule has 0 fully saturated rings. The standard InChI is InChI=1S/C28H37N5O8/c29-13-5-4-8-21(31-25(37)20(30)14-17-6-2-1-3-7-17)26(38)32-22(16-24(35)36)27(39)33-23(28(40)41)15-18-9-11-19(34)12-10-18/h1-3,6-7,9-12,20-23,34H,4-5,8,13-16,29-30H2,(H,31,37)(H,32,38)(H,33,39)(H,35,36)(H,40,41). The van der Waals surface area contributed by atoms with Crippen molar-refractivity contribution in [1.29, 1.82) is 0 Å². The number of nitrogens with two attached hydrogens (primary N) is 2. The summed E-state index contributed by atoms with van der Waals surface area (Å²) < 4.78 is 0. The van der Waals surface area contributed by atoms with Crippen LogP contribution in [-0.4, -0.2) is 75.7 Å². The highest BCUT2D eigenvalue weighted by Gasteiger charge is 2.31. The number of carboxylic acids is 2. The SMILES string of the molecule is NCCCCC(NC(=O)C(N)Cc1ccccc1)C(=O)NC(CC(=O)O)C(=O)NC(Cc1ccc(O)cc1)C(=O)O. The Balaban J connectivity index is 2.13. The molecule has 2 aromatic carbocycles. The number of amides is 3. The van der Waals surface area contributed by atoms with Crippen LogP contribution in [-0.2, 0) is 36.8 Å². The van der Waals surface area contributed by atoms with Crippen molar-refractivity contribution in [2.24, 2.45) is 11.5 Å². The minimum absolute atomic E-state index is 0.0250. The first kappa shape index (κ1) is 32.7. The van der Waals surface area contributed by atoms with Gasteiger partial charge in [-0.3, -0.25) is 19.2 Å². The number of aliphatic carboxylic acids is 2. The van der Waals surface area contributed by atoms with E-state index in [1.807, 2.05) is 6.07 Å². The summed E-state index contributed by atoms with van der Waals surface area (Å²) in [6, 6.07) is 9.50. The van der Waals surface area contributed by atoms with Crippen molar-refractivity contribution in [3.63, 3.8) is 0 Å². The number of phenols is 1. The molecule has 0 aliphatic heterocycles. The Morgan fingerprint density at radius 2 is 1.27 bits per heavy atom. The lowest BCUT2D eigenvalue weighted by Gasteiger charge is -2.25. The number of carboxylic acid groups (broad SMARTS) is 2. The van der Waals surface area contributed by atoms with Gasteiger partial charge in [0, 0.05) is 6.42 Å². The molecule has 0 saturated carbocycles. The first-order chi connectivity index (χ1) is 19.5. The van der Waals surface area contributed by atoms with Crippen molar-refractivity contribution in [3.8, 4) is 5.75 Å². The molecule has 0 aliphatic rings. The topological polar surface area (TPSA) is 234 Å². The van der Waals surface area contributed by atoms with Gasteiger partial charge in [0.15, 0.2) is 0 Å². The molecule has 0 heterocycles. The number of hydrogen-bond acceptors (Lipinski definition) is 8. The predicted molar refractivity (Wildman–Crippen MR) is 149 cm³/mol. The average molecular weight is 572 g/mol. The maximum absolute atomic E-state index is 13.2. The summed E-state index contributed by atoms with van der Waals surface area (Å²) in [6.45, 7) is 0.345. The molecule has 4 atom stereocenters. The van der Waals surface area contributed by atoms with E-state index in [2.05, 4.69) is 16.0 Å². The Hall–Kier alpha value is -4.49. The number of rotatable bonds is 17. The van der Waals surface area contributed by atoms with Gasteiger partial charge in [-0.25, -0.2) is 4.79 Å². The first-order valence-electron chi connectivity index (χ1n) is 13.1. The van der Waals surface area contributed by atoms with Gasteiger partial charge in [-0.2, -0.15) is 0 Å². The average Bonchev–Trinajstić information content (AvgIpc) is 2.93. The van der Waals surface area contributed by atoms with Crippen LogP contribution in [0.1, 0.15) is 36.8 Å². The molecular formula is C28H37N5O8. The molecule has 0 spiro atoms. The molecule has 2 aromatic rings. The summed E-state index contributed by atoms with van der Waals surface area (Å²) in [7, 11) is 0. The van der Waals surface area contributed by atoms with E-state index in [1.165, 1.54) is 24.3 Å². The smallest absolute Gasteiger partial charge is 0.326 e. The largest absolute Gasteiger partial charge is 0.508 e. The Labute approximate surface area is 237 Å². The second kappa shape index (κ2) is 16.6. The normalized spacial score (nSPS) is 13.7. The zero-order valence-corrected chi connectivity index (χ0v) is 22.5. The van der Waals surface area contributed by atoms with Gasteiger partial charge in [0.25, 0.3) is 0 Å². The van der Waals surface area contributed by atoms with Crippen molar-refractivity contribution in [2.45, 2.75) is 62.7 Å². The second-order valence-electron chi connectivity index (χ2n) is 9.57. The number of carbonyl (C=O) groups excluding carboxylic acids is 3. The van der Waals surface area contributed by atoms with Crippen LogP contribution in [0.25, 0.3) is 0 Å². The summed E-state index contributed by atoms with van der Waals surface area (Å²) in [5, 5.41) is 35.6. The second-order valence-corrected chi connectivity index (χ2v) is 9.57. The summed E-state index contributed by atoms with van der Waals surface area (Å²) >= 11 is 0. The molecular weight excluding hydrogens is 534 g/mol. The molecule has 222 valence electrons. The zero-order valence-electron chi connectivity index (χ0n) is 22.5. The van der Waals surface area contributed by atoms with Crippen LogP contribution >= 0.6 is 0 Å². The summed E-state index contributed by atoms with van der Waals surface area (Å²) in [4.78, 5) is 62.3. The first-order valence-corrected chi connectivity index (χ1v) is 13.1. The minimum Gasteiger partial charge on any atom is -0.508 e. The van der Waals surface area contributed by atoms with Crippen molar-refractivity contribution in [3.05, 3.63) is 65.7 Å². The zero-order chi connectivity index (χ0) is 30.4. The van der Waals surface area contributed by atoms with Gasteiger partial charge >= 0.3 is 11.9 Å². The molecule has 4 unspecified atom stereocenters. The Bertz CT molecular complexity index is 1180. The third kappa shape index (κ3) is 11.6. The van der Waals surface area contributed by atoms with Crippen LogP contribution < -0.4 is 27.4 Å². The van der Waals surface area contributed by atoms with Crippen molar-refractivity contribution >= 4 is 29.7 Å². The highest BCUT2D eigenvalue weighted by Crippen LogP contribution is 2.12. The Kier molecular flexibility index (Phi) is 13.2. The third-order valence-corrected chi connectivity index (χ3v) is 6.22. The van der Waals surface area contributed by atoms with E-state index in [0.717, 1.165) is 5.56 Å². The Morgan fingerprint density at radius 3 is 1.85 bits per heavy atom. The summed E-state index contributed by atoms with van der Waals surface area (Å²) in [6.07, 6.45) is 0.364. The fraction of sp³-hybridized carbons (Fsp3) is 0.393. The molecule has 13 heteroatoms. The van der Waals surface area contributed by atoms with E-state index in [4.69, 9.17) is 11.5 Å². The lowest BCUT2D eigenvalue weighted by molar-refractivity contribution is -0.143. The number of phenolic OH excluding ortho intramolecular Hbond substituents is 1. The van der Waals surface area contributed by atoms with Crippen molar-refractivity contribution in [1.82, 2.24) is 16.0 Å². The molecule has 0 radical (unpaired) electrons. The van der Waals surface area contributed by atoms with Crippen LogP contribution in [0.5, 0.6) is 5.75 Å². The van der Waals surface area contributed by atoms with Gasteiger partial charge in [-0.15, -0.1) is 0 Å². The quantitative estimate of drug-likeness (QED) is 0.115. The molecule has 0 aliphatic carbocycles. The van der Waals surface area contributed by atoms with E-state index in [0.29, 0.717) is 24.9 Å². The molecule has 2 rings (SSSR count). The highest BCUT2D eigenvalue weighted by molar-refractivity contribution is 5.95. The van der Waals surface area contributed by atoms with E-state index >= 15 is 0 Å². The molecule has 0 bridgehead atoms. The van der Waals surface area contributed by atoms with E-state index in [9.17, 15) is 39.3 Å². The number of carbonyl (C=O) groups is 5. The van der Waals surface area contributed by atoms with Crippen LogP contribution in [0.2, 0.25) is 0 Å². The minimum atomic E-state index is -1.63. The van der Waals surface area contributed by atoms with Gasteiger partial charge < -0.3 is 42.7 Å². The maximum atomic E-state index is 13.2. The van der Waals surface area contributed by atoms with Gasteiger partial charge in [-0.1, -0.05) is 42.5 Å². The van der Waals surface area contributed by atoms with Gasteiger partial charge in [-0.05, 0) is 55.5 Å². The molecule has 10 N–H and O–H groups in total. The molecule has 0 saturated heterocycles. The number of hydrogen-bond donors (Lipinski definition) is 8. The number of nitrogens with one attached hydrogen (secondary N) is 3. The summed E-state index contributed by atoms with van der Waals surface area (Å²) in [5.74, 6) is -5.28. The van der Waals surface area contributed by atoms with E-state index in [1.54, 1.807) is 24.3 Å². The number of unbranched alkanes of at least 4 members (excludes halogenated alkanes) is 1. The molecule has 0 aromatic heterocycles. The number of aromatic hydroxyl groups is 1. The van der Waals surface area contributed by atoms with Gasteiger partial charge in [0.2, 0.25) is 17.7 Å². The Morgan fingerprint density at radius 1 is 0.707 bits per heavy atom. The summed E-state index contributed by atoms with van der Waals surface area (Å²) in [5.41, 5.74) is 12.9.